The van der Waals surface area contributed by atoms with Crippen LogP contribution in [0.5, 0.6) is 0 Å². The number of rotatable bonds is 5. The van der Waals surface area contributed by atoms with Crippen molar-refractivity contribution in [3.05, 3.63) is 83.7 Å². The number of nitrogens with zero attached hydrogens (tertiary/aromatic N) is 3. The van der Waals surface area contributed by atoms with Crippen molar-refractivity contribution in [1.29, 1.82) is 5.26 Å². The molecule has 0 fully saturated rings. The molecule has 0 aliphatic heterocycles. The third-order valence-corrected chi connectivity index (χ3v) is 3.72. The van der Waals surface area contributed by atoms with E-state index in [1.807, 2.05) is 47.3 Å². The molecule has 2 amide bonds. The van der Waals surface area contributed by atoms with Gasteiger partial charge in [0.1, 0.15) is 0 Å². The van der Waals surface area contributed by atoms with Crippen LogP contribution in [0, 0.1) is 11.3 Å². The number of aromatic nitrogens is 2. The van der Waals surface area contributed by atoms with Crippen molar-refractivity contribution in [2.24, 2.45) is 0 Å². The van der Waals surface area contributed by atoms with Gasteiger partial charge in [0.15, 0.2) is 0 Å². The zero-order valence-electron chi connectivity index (χ0n) is 13.5. The standard InChI is InChI=1S/C19H17N5O/c20-12-15-6-8-18(9-7-15)23-19(25)21-13-16-4-1-2-5-17(16)14-24-11-3-10-22-24/h1-11H,13-14H2,(H2,21,23,25). The summed E-state index contributed by atoms with van der Waals surface area (Å²) in [6.07, 6.45) is 3.65. The van der Waals surface area contributed by atoms with Gasteiger partial charge in [-0.1, -0.05) is 24.3 Å². The van der Waals surface area contributed by atoms with Gasteiger partial charge in [0.2, 0.25) is 0 Å². The summed E-state index contributed by atoms with van der Waals surface area (Å²) in [6, 6.07) is 18.3. The lowest BCUT2D eigenvalue weighted by Crippen LogP contribution is -2.28. The Bertz CT molecular complexity index is 879. The normalized spacial score (nSPS) is 10.0. The van der Waals surface area contributed by atoms with E-state index < -0.39 is 0 Å². The van der Waals surface area contributed by atoms with Crippen LogP contribution in [0.3, 0.4) is 0 Å². The molecule has 0 aliphatic rings. The highest BCUT2D eigenvalue weighted by molar-refractivity contribution is 5.89. The van der Waals surface area contributed by atoms with Gasteiger partial charge >= 0.3 is 6.03 Å². The maximum absolute atomic E-state index is 12.1. The van der Waals surface area contributed by atoms with E-state index in [1.54, 1.807) is 30.5 Å². The fourth-order valence-corrected chi connectivity index (χ4v) is 2.43. The van der Waals surface area contributed by atoms with Crippen LogP contribution in [0.2, 0.25) is 0 Å². The molecular weight excluding hydrogens is 314 g/mol. The van der Waals surface area contributed by atoms with E-state index in [9.17, 15) is 4.79 Å². The van der Waals surface area contributed by atoms with Crippen molar-refractivity contribution in [3.63, 3.8) is 0 Å². The van der Waals surface area contributed by atoms with E-state index in [2.05, 4.69) is 15.7 Å². The van der Waals surface area contributed by atoms with Crippen LogP contribution in [-0.4, -0.2) is 15.8 Å². The Morgan fingerprint density at radius 3 is 2.52 bits per heavy atom. The van der Waals surface area contributed by atoms with E-state index in [0.29, 0.717) is 24.3 Å². The number of carbonyl (C=O) groups excluding carboxylic acids is 1. The molecular formula is C19H17N5O. The summed E-state index contributed by atoms with van der Waals surface area (Å²) in [5.74, 6) is 0. The predicted octanol–water partition coefficient (Wildman–Crippen LogP) is 3.12. The largest absolute Gasteiger partial charge is 0.334 e. The van der Waals surface area contributed by atoms with Gasteiger partial charge in [0.05, 0.1) is 18.2 Å². The molecule has 124 valence electrons. The first kappa shape index (κ1) is 16.3. The maximum Gasteiger partial charge on any atom is 0.319 e. The molecule has 2 N–H and O–H groups in total. The first-order valence-corrected chi connectivity index (χ1v) is 7.84. The summed E-state index contributed by atoms with van der Waals surface area (Å²) in [4.78, 5) is 12.1. The maximum atomic E-state index is 12.1. The molecule has 0 unspecified atom stereocenters. The lowest BCUT2D eigenvalue weighted by atomic mass is 10.1. The van der Waals surface area contributed by atoms with Crippen molar-refractivity contribution in [2.45, 2.75) is 13.1 Å². The van der Waals surface area contributed by atoms with Gasteiger partial charge in [-0.3, -0.25) is 4.68 Å². The second-order valence-electron chi connectivity index (χ2n) is 5.47. The van der Waals surface area contributed by atoms with E-state index in [1.165, 1.54) is 0 Å². The molecule has 0 saturated carbocycles. The Morgan fingerprint density at radius 2 is 1.84 bits per heavy atom. The van der Waals surface area contributed by atoms with Crippen molar-refractivity contribution in [3.8, 4) is 6.07 Å². The number of benzene rings is 2. The second-order valence-corrected chi connectivity index (χ2v) is 5.47. The quantitative estimate of drug-likeness (QED) is 0.753. The molecule has 0 saturated heterocycles. The number of nitriles is 1. The molecule has 0 bridgehead atoms. The molecule has 25 heavy (non-hydrogen) atoms. The van der Waals surface area contributed by atoms with Crippen LogP contribution in [0.15, 0.2) is 67.0 Å². The molecule has 0 radical (unpaired) electrons. The SMILES string of the molecule is N#Cc1ccc(NC(=O)NCc2ccccc2Cn2cccn2)cc1. The number of hydrogen-bond donors (Lipinski definition) is 2. The molecule has 0 spiro atoms. The molecule has 3 rings (SSSR count). The Hall–Kier alpha value is -3.59. The number of hydrogen-bond acceptors (Lipinski definition) is 3. The third kappa shape index (κ3) is 4.45. The zero-order valence-corrected chi connectivity index (χ0v) is 13.5. The molecule has 2 aromatic carbocycles. The number of anilines is 1. The van der Waals surface area contributed by atoms with Crippen LogP contribution in [-0.2, 0) is 13.1 Å². The minimum atomic E-state index is -0.293. The third-order valence-electron chi connectivity index (χ3n) is 3.72. The van der Waals surface area contributed by atoms with Gasteiger partial charge in [-0.05, 0) is 41.5 Å². The van der Waals surface area contributed by atoms with Gasteiger partial charge < -0.3 is 10.6 Å². The minimum absolute atomic E-state index is 0.293. The highest BCUT2D eigenvalue weighted by Crippen LogP contribution is 2.11. The van der Waals surface area contributed by atoms with Gasteiger partial charge in [0.25, 0.3) is 0 Å². The fourth-order valence-electron chi connectivity index (χ4n) is 2.43. The smallest absolute Gasteiger partial charge is 0.319 e. The Labute approximate surface area is 145 Å². The van der Waals surface area contributed by atoms with Crippen LogP contribution in [0.25, 0.3) is 0 Å². The van der Waals surface area contributed by atoms with Crippen LogP contribution < -0.4 is 10.6 Å². The van der Waals surface area contributed by atoms with E-state index >= 15 is 0 Å². The first-order chi connectivity index (χ1) is 12.2. The Kier molecular flexibility index (Phi) is 5.07. The van der Waals surface area contributed by atoms with Gasteiger partial charge in [-0.15, -0.1) is 0 Å². The highest BCUT2D eigenvalue weighted by Gasteiger charge is 2.06. The summed E-state index contributed by atoms with van der Waals surface area (Å²) >= 11 is 0. The molecule has 0 aliphatic carbocycles. The summed E-state index contributed by atoms with van der Waals surface area (Å²) in [6.45, 7) is 1.07. The number of nitrogens with one attached hydrogen (secondary N) is 2. The van der Waals surface area contributed by atoms with Crippen LogP contribution in [0.4, 0.5) is 10.5 Å². The molecule has 1 aromatic heterocycles. The molecule has 0 atom stereocenters. The summed E-state index contributed by atoms with van der Waals surface area (Å²) in [7, 11) is 0. The lowest BCUT2D eigenvalue weighted by molar-refractivity contribution is 0.251. The Balaban J connectivity index is 1.59. The topological polar surface area (TPSA) is 82.7 Å². The number of amides is 2. The van der Waals surface area contributed by atoms with Crippen LogP contribution >= 0.6 is 0 Å². The van der Waals surface area contributed by atoms with Gasteiger partial charge in [0, 0.05) is 24.6 Å². The van der Waals surface area contributed by atoms with Crippen molar-refractivity contribution in [1.82, 2.24) is 15.1 Å². The van der Waals surface area contributed by atoms with Crippen molar-refractivity contribution < 1.29 is 4.79 Å². The second kappa shape index (κ2) is 7.79. The molecule has 1 heterocycles. The molecule has 6 nitrogen and oxygen atoms in total. The molecule has 6 heteroatoms. The van der Waals surface area contributed by atoms with Gasteiger partial charge in [-0.25, -0.2) is 4.79 Å². The van der Waals surface area contributed by atoms with E-state index in [-0.39, 0.29) is 6.03 Å². The zero-order chi connectivity index (χ0) is 17.5. The average molecular weight is 331 g/mol. The molecule has 3 aromatic rings. The van der Waals surface area contributed by atoms with E-state index in [0.717, 1.165) is 11.1 Å². The summed E-state index contributed by atoms with van der Waals surface area (Å²) in [5.41, 5.74) is 3.33. The summed E-state index contributed by atoms with van der Waals surface area (Å²) in [5, 5.41) is 18.6. The summed E-state index contributed by atoms with van der Waals surface area (Å²) < 4.78 is 1.84. The fraction of sp³-hybridized carbons (Fsp3) is 0.105. The van der Waals surface area contributed by atoms with Crippen molar-refractivity contribution in [2.75, 3.05) is 5.32 Å². The number of carbonyl (C=O) groups is 1. The first-order valence-electron chi connectivity index (χ1n) is 7.84. The lowest BCUT2D eigenvalue weighted by Gasteiger charge is -2.12. The number of urea groups is 1. The highest BCUT2D eigenvalue weighted by atomic mass is 16.2. The minimum Gasteiger partial charge on any atom is -0.334 e. The predicted molar refractivity (Wildman–Crippen MR) is 94.8 cm³/mol. The van der Waals surface area contributed by atoms with E-state index in [4.69, 9.17) is 5.26 Å². The average Bonchev–Trinajstić information content (AvgIpc) is 3.15. The monoisotopic (exact) mass is 331 g/mol. The van der Waals surface area contributed by atoms with Gasteiger partial charge in [-0.2, -0.15) is 10.4 Å². The van der Waals surface area contributed by atoms with Crippen molar-refractivity contribution >= 4 is 11.7 Å². The Morgan fingerprint density at radius 1 is 1.08 bits per heavy atom. The van der Waals surface area contributed by atoms with Crippen LogP contribution in [0.1, 0.15) is 16.7 Å².